The first-order valence-electron chi connectivity index (χ1n) is 19.8. The number of aryl methyl sites for hydroxylation is 1. The number of nitrogens with zero attached hydrogens (tertiary/aromatic N) is 4. The molecule has 1 amide bonds. The van der Waals surface area contributed by atoms with Crippen LogP contribution in [0, 0.1) is 30.6 Å². The van der Waals surface area contributed by atoms with E-state index in [4.69, 9.17) is 9.47 Å². The fourth-order valence-corrected chi connectivity index (χ4v) is 8.87. The Morgan fingerprint density at radius 3 is 2.29 bits per heavy atom. The quantitative estimate of drug-likeness (QED) is 0.103. The number of halogens is 2. The van der Waals surface area contributed by atoms with Crippen LogP contribution in [-0.4, -0.2) is 72.6 Å². The number of nitriles is 1. The average molecular weight is 770 g/mol. The Morgan fingerprint density at radius 2 is 1.68 bits per heavy atom. The van der Waals surface area contributed by atoms with Gasteiger partial charge < -0.3 is 19.4 Å². The molecule has 3 fully saturated rings. The van der Waals surface area contributed by atoms with Crippen molar-refractivity contribution in [3.8, 4) is 28.7 Å². The van der Waals surface area contributed by atoms with Gasteiger partial charge in [-0.1, -0.05) is 38.1 Å². The fraction of sp³-hybridized carbons (Fsp3) is 0.533. The Labute approximate surface area is 330 Å². The Morgan fingerprint density at radius 1 is 1.00 bits per heavy atom. The number of pyridine rings is 1. The first kappa shape index (κ1) is 41.1. The molecule has 6 rings (SSSR count). The molecule has 1 aromatic heterocycles. The molecule has 0 radical (unpaired) electrons. The average Bonchev–Trinajstić information content (AvgIpc) is 3.96. The summed E-state index contributed by atoms with van der Waals surface area (Å²) in [4.78, 5) is 28.7. The van der Waals surface area contributed by atoms with Crippen molar-refractivity contribution in [2.45, 2.75) is 103 Å². The zero-order valence-electron chi connectivity index (χ0n) is 34.1. The number of nitrogens with one attached hydrogen (secondary N) is 1. The maximum atomic E-state index is 14.0. The molecule has 1 aliphatic heterocycles. The number of hydrogen-bond donors (Lipinski definition) is 1. The Hall–Kier alpha value is -4.53. The summed E-state index contributed by atoms with van der Waals surface area (Å²) >= 11 is 0. The van der Waals surface area contributed by atoms with E-state index < -0.39 is 11.3 Å². The number of ether oxygens (including phenoxy) is 2. The lowest BCUT2D eigenvalue weighted by Crippen LogP contribution is -2.54. The molecular formula is C45H57F2N5O4. The van der Waals surface area contributed by atoms with Gasteiger partial charge >= 0.3 is 0 Å². The highest BCUT2D eigenvalue weighted by Gasteiger charge is 2.51. The van der Waals surface area contributed by atoms with Crippen LogP contribution in [0.4, 0.5) is 8.78 Å². The molecule has 1 unspecified atom stereocenters. The maximum absolute atomic E-state index is 14.0. The van der Waals surface area contributed by atoms with E-state index in [0.29, 0.717) is 44.3 Å². The number of methoxy groups -OCH3 is 2. The Balaban J connectivity index is 1.21. The van der Waals surface area contributed by atoms with Crippen LogP contribution >= 0.6 is 0 Å². The SMILES string of the molecule is COc1cc(-c2cn(C)c(=O)c(C)c2C)cc(OC)c1CN1CCN(Cc2ccc(CCNC=O)c(C(C)/C(C#N)=C/C3(C)CCC(F)(F)CC3)c2)C2(CC2)C1. The molecule has 1 atom stereocenters. The van der Waals surface area contributed by atoms with Gasteiger partial charge in [0.2, 0.25) is 12.3 Å². The molecule has 56 heavy (non-hydrogen) atoms. The number of carbonyl (C=O) groups excluding carboxylic acids is 1. The van der Waals surface area contributed by atoms with Crippen molar-refractivity contribution in [2.75, 3.05) is 40.4 Å². The number of alkyl halides is 2. The van der Waals surface area contributed by atoms with E-state index in [2.05, 4.69) is 39.4 Å². The summed E-state index contributed by atoms with van der Waals surface area (Å²) in [6.07, 6.45) is 7.75. The molecule has 1 N–H and O–H groups in total. The summed E-state index contributed by atoms with van der Waals surface area (Å²) in [5.41, 5.74) is 8.05. The van der Waals surface area contributed by atoms with Crippen LogP contribution < -0.4 is 20.3 Å². The van der Waals surface area contributed by atoms with Crippen molar-refractivity contribution in [1.82, 2.24) is 19.7 Å². The standard InChI is InChI=1S/C45H57F2N5O4/c1-30-31(2)42(54)50(5)26-38(30)35-21-40(55-6)39(41(22-35)56-7)27-51-18-19-52(44(28-51)13-14-44)25-33-8-9-34(10-17-49-29-53)37(20-33)32(3)36(24-48)23-43(4)11-15-45(46,47)16-12-43/h8-9,20-23,26,29,32H,10-19,25,27-28H2,1-7H3,(H,49,53)/b36-23+. The van der Waals surface area contributed by atoms with E-state index in [-0.39, 0.29) is 29.9 Å². The second-order valence-corrected chi connectivity index (χ2v) is 16.7. The molecule has 1 spiro atoms. The van der Waals surface area contributed by atoms with E-state index in [1.54, 1.807) is 25.8 Å². The number of benzene rings is 2. The van der Waals surface area contributed by atoms with Crippen molar-refractivity contribution < 1.29 is 23.0 Å². The van der Waals surface area contributed by atoms with Crippen LogP contribution in [0.1, 0.15) is 91.7 Å². The van der Waals surface area contributed by atoms with Gasteiger partial charge in [-0.05, 0) is 91.3 Å². The number of carbonyl (C=O) groups is 1. The van der Waals surface area contributed by atoms with Gasteiger partial charge in [-0.15, -0.1) is 0 Å². The predicted molar refractivity (Wildman–Crippen MR) is 215 cm³/mol. The van der Waals surface area contributed by atoms with Gasteiger partial charge in [-0.25, -0.2) is 8.78 Å². The fourth-order valence-electron chi connectivity index (χ4n) is 8.87. The van der Waals surface area contributed by atoms with Gasteiger partial charge in [0.05, 0.1) is 25.9 Å². The summed E-state index contributed by atoms with van der Waals surface area (Å²) in [5.74, 6) is -1.36. The van der Waals surface area contributed by atoms with Crippen LogP contribution in [0.5, 0.6) is 11.5 Å². The van der Waals surface area contributed by atoms with Gasteiger partial charge in [0.15, 0.2) is 0 Å². The molecule has 2 aliphatic carbocycles. The van der Waals surface area contributed by atoms with Crippen molar-refractivity contribution in [3.05, 3.63) is 91.9 Å². The Kier molecular flexibility index (Phi) is 12.1. The first-order chi connectivity index (χ1) is 26.6. The van der Waals surface area contributed by atoms with Gasteiger partial charge in [0, 0.05) is 93.5 Å². The highest BCUT2D eigenvalue weighted by atomic mass is 19.3. The summed E-state index contributed by atoms with van der Waals surface area (Å²) < 4.78 is 41.6. The zero-order chi connectivity index (χ0) is 40.4. The lowest BCUT2D eigenvalue weighted by molar-refractivity contribution is -0.109. The minimum absolute atomic E-state index is 0.00575. The molecule has 2 saturated carbocycles. The first-order valence-corrected chi connectivity index (χ1v) is 19.8. The normalized spacial score (nSPS) is 19.6. The molecular weight excluding hydrogens is 713 g/mol. The third-order valence-electron chi connectivity index (χ3n) is 12.8. The van der Waals surface area contributed by atoms with E-state index >= 15 is 0 Å². The highest BCUT2D eigenvalue weighted by molar-refractivity contribution is 5.72. The van der Waals surface area contributed by atoms with E-state index in [9.17, 15) is 23.6 Å². The van der Waals surface area contributed by atoms with Gasteiger partial charge in [0.1, 0.15) is 11.5 Å². The van der Waals surface area contributed by atoms with Crippen LogP contribution in [0.25, 0.3) is 11.1 Å². The van der Waals surface area contributed by atoms with Crippen molar-refractivity contribution in [1.29, 1.82) is 5.26 Å². The molecule has 300 valence electrons. The smallest absolute Gasteiger partial charge is 0.253 e. The lowest BCUT2D eigenvalue weighted by atomic mass is 9.72. The number of piperazine rings is 1. The van der Waals surface area contributed by atoms with Crippen molar-refractivity contribution in [3.63, 3.8) is 0 Å². The summed E-state index contributed by atoms with van der Waals surface area (Å²) in [7, 11) is 5.15. The second-order valence-electron chi connectivity index (χ2n) is 16.7. The monoisotopic (exact) mass is 769 g/mol. The summed E-state index contributed by atoms with van der Waals surface area (Å²) in [5, 5.41) is 13.1. The topological polar surface area (TPSA) is 99.8 Å². The van der Waals surface area contributed by atoms with Crippen LogP contribution in [0.15, 0.2) is 53.0 Å². The molecule has 2 aromatic carbocycles. The van der Waals surface area contributed by atoms with Crippen LogP contribution in [0.3, 0.4) is 0 Å². The number of aromatic nitrogens is 1. The number of hydrogen-bond acceptors (Lipinski definition) is 7. The molecule has 3 aromatic rings. The van der Waals surface area contributed by atoms with Crippen molar-refractivity contribution in [2.24, 2.45) is 12.5 Å². The molecule has 3 aliphatic rings. The molecule has 0 bridgehead atoms. The minimum atomic E-state index is -2.64. The van der Waals surface area contributed by atoms with Gasteiger partial charge in [-0.2, -0.15) is 5.26 Å². The zero-order valence-corrected chi connectivity index (χ0v) is 34.1. The van der Waals surface area contributed by atoms with E-state index in [1.165, 1.54) is 5.56 Å². The van der Waals surface area contributed by atoms with Crippen LogP contribution in [0.2, 0.25) is 0 Å². The molecule has 1 saturated heterocycles. The predicted octanol–water partition coefficient (Wildman–Crippen LogP) is 7.59. The molecule has 2 heterocycles. The minimum Gasteiger partial charge on any atom is -0.496 e. The van der Waals surface area contributed by atoms with Gasteiger partial charge in [0.25, 0.3) is 5.56 Å². The molecule has 9 nitrogen and oxygen atoms in total. The van der Waals surface area contributed by atoms with Crippen molar-refractivity contribution >= 4 is 6.41 Å². The third-order valence-corrected chi connectivity index (χ3v) is 12.8. The lowest BCUT2D eigenvalue weighted by Gasteiger charge is -2.42. The number of allylic oxidation sites excluding steroid dienone is 2. The van der Waals surface area contributed by atoms with Gasteiger partial charge in [-0.3, -0.25) is 19.4 Å². The molecule has 11 heteroatoms. The summed E-state index contributed by atoms with van der Waals surface area (Å²) in [6, 6.07) is 13.0. The van der Waals surface area contributed by atoms with Crippen LogP contribution in [-0.2, 0) is 31.4 Å². The highest BCUT2D eigenvalue weighted by Crippen LogP contribution is 2.48. The number of rotatable bonds is 14. The largest absolute Gasteiger partial charge is 0.496 e. The second kappa shape index (κ2) is 16.5. The summed E-state index contributed by atoms with van der Waals surface area (Å²) in [6.45, 7) is 12.5. The third kappa shape index (κ3) is 8.72. The van der Waals surface area contributed by atoms with E-state index in [0.717, 1.165) is 89.5 Å². The maximum Gasteiger partial charge on any atom is 0.253 e. The Bertz CT molecular complexity index is 2050. The number of amides is 1. The van der Waals surface area contributed by atoms with E-state index in [1.807, 2.05) is 52.1 Å².